The maximum Gasteiger partial charge on any atom is 0.330 e. The van der Waals surface area contributed by atoms with Crippen LogP contribution in [-0.2, 0) is 54.3 Å². The predicted molar refractivity (Wildman–Crippen MR) is 423 cm³/mol. The third kappa shape index (κ3) is 19.1. The molecule has 8 heterocycles. The average molecular weight is 1720 g/mol. The molecule has 644 valence electrons. The molecule has 0 unspecified atom stereocenters. The fourth-order valence-corrected chi connectivity index (χ4v) is 15.7. The Balaban J connectivity index is 1.03. The summed E-state index contributed by atoms with van der Waals surface area (Å²) in [6.07, 6.45) is -14.4. The lowest BCUT2D eigenvalue weighted by atomic mass is 9.89. The van der Waals surface area contributed by atoms with Gasteiger partial charge in [-0.3, -0.25) is 33.6 Å². The molecular formula is C83H90Cl2N8O28. The van der Waals surface area contributed by atoms with Crippen LogP contribution in [0.25, 0.3) is 11.1 Å². The summed E-state index contributed by atoms with van der Waals surface area (Å²) < 4.78 is 44.4. The SMILES string of the molecule is CN[C@@H]1C(=O)N[C@@H]2Cc3ccc(cc3)Oc3cc4cc(c3O[C@@H]3O[C@H](CO)[C@@H](O)[C@H](O)[C@H]3NC(=O)CCCCCCCCC(C)C)Oc3ccc(cc3Cl)[C@@H](O)[C@@H]3NC(=O)[C@H](NC(=O)[C@@H]4NC(=O)[C@@H](NC2=O)c2cc(cc(O)c2Cl)Oc2cc1ccc2O)c1ccc(O)c(c1)-c1c(O[C@H]2O[C@H](CO)[C@@H](O)[C@H](O)[C@@H]2O)cc(O)cc1[C@H](C(=O)O)NC3=O. The van der Waals surface area contributed by atoms with Crippen LogP contribution in [0.5, 0.6) is 69.0 Å². The van der Waals surface area contributed by atoms with Gasteiger partial charge < -0.3 is 142 Å². The van der Waals surface area contributed by atoms with Crippen molar-refractivity contribution in [2.45, 2.75) is 181 Å². The second-order valence-corrected chi connectivity index (χ2v) is 31.3. The highest BCUT2D eigenvalue weighted by Crippen LogP contribution is 2.50. The van der Waals surface area contributed by atoms with Crippen LogP contribution < -0.4 is 66.2 Å². The van der Waals surface area contributed by atoms with E-state index in [0.717, 1.165) is 105 Å². The molecule has 38 heteroatoms. The Labute approximate surface area is 699 Å². The molecule has 2 fully saturated rings. The maximum absolute atomic E-state index is 16.7. The number of likely N-dealkylation sites (N-methyl/N-ethyl adjacent to an activating group) is 1. The van der Waals surface area contributed by atoms with Crippen molar-refractivity contribution < 1.29 is 138 Å². The molecule has 21 N–H and O–H groups in total. The molecule has 0 spiro atoms. The smallest absolute Gasteiger partial charge is 0.330 e. The quantitative estimate of drug-likeness (QED) is 0.0538. The molecule has 7 aromatic rings. The zero-order valence-corrected chi connectivity index (χ0v) is 66.4. The highest BCUT2D eigenvalue weighted by Gasteiger charge is 2.50. The summed E-state index contributed by atoms with van der Waals surface area (Å²) >= 11 is 14.2. The van der Waals surface area contributed by atoms with E-state index in [0.29, 0.717) is 24.3 Å². The zero-order chi connectivity index (χ0) is 86.7. The molecule has 7 amide bonds. The van der Waals surface area contributed by atoms with E-state index < -0.39 is 265 Å². The number of aliphatic hydroxyl groups is 8. The lowest BCUT2D eigenvalue weighted by Crippen LogP contribution is -2.65. The summed E-state index contributed by atoms with van der Waals surface area (Å²) in [4.78, 5) is 123. The first-order valence-electron chi connectivity index (χ1n) is 38.9. The van der Waals surface area contributed by atoms with Gasteiger partial charge in [0, 0.05) is 47.2 Å². The zero-order valence-electron chi connectivity index (χ0n) is 64.9. The molecule has 0 radical (unpaired) electrons. The number of carbonyl (C=O) groups excluding carboxylic acids is 7. The Morgan fingerprint density at radius 2 is 1.14 bits per heavy atom. The van der Waals surface area contributed by atoms with Crippen molar-refractivity contribution >= 4 is 70.5 Å². The minimum absolute atomic E-state index is 0.0822. The number of carbonyl (C=O) groups is 8. The van der Waals surface area contributed by atoms with E-state index in [1.54, 1.807) is 0 Å². The van der Waals surface area contributed by atoms with Crippen molar-refractivity contribution in [3.8, 4) is 80.1 Å². The predicted octanol–water partition coefficient (Wildman–Crippen LogP) is 4.09. The molecule has 2 saturated heterocycles. The van der Waals surface area contributed by atoms with Crippen molar-refractivity contribution in [3.63, 3.8) is 0 Å². The molecule has 0 aliphatic carbocycles. The molecule has 36 nitrogen and oxygen atoms in total. The van der Waals surface area contributed by atoms with E-state index in [1.807, 2.05) is 0 Å². The largest absolute Gasteiger partial charge is 0.508 e. The van der Waals surface area contributed by atoms with Crippen LogP contribution in [0.1, 0.15) is 140 Å². The van der Waals surface area contributed by atoms with Crippen LogP contribution in [0, 0.1) is 5.92 Å². The molecule has 17 bridgehead atoms. The normalized spacial score (nSPS) is 26.7. The fraction of sp³-hybridized carbons (Fsp3) is 0.398. The monoisotopic (exact) mass is 1720 g/mol. The van der Waals surface area contributed by atoms with Gasteiger partial charge in [-0.1, -0.05) is 106 Å². The fourth-order valence-electron chi connectivity index (χ4n) is 15.2. The summed E-state index contributed by atoms with van der Waals surface area (Å²) in [5, 5.41) is 168. The molecular weight excluding hydrogens is 1630 g/mol. The van der Waals surface area contributed by atoms with Crippen LogP contribution in [0.4, 0.5) is 0 Å². The number of carboxylic acids is 1. The first kappa shape index (κ1) is 87.5. The molecule has 121 heavy (non-hydrogen) atoms. The third-order valence-electron chi connectivity index (χ3n) is 21.7. The van der Waals surface area contributed by atoms with Gasteiger partial charge >= 0.3 is 5.97 Å². The number of fused-ring (bicyclic) bond motifs is 14. The molecule has 8 aliphatic heterocycles. The van der Waals surface area contributed by atoms with E-state index >= 15 is 24.0 Å². The standard InChI is InChI=1S/C83H90Cl2N8O28/c1-34(2)10-8-6-4-5-7-9-11-58(100)88-67-71(104)69(102)56(32-94)119-82(67)121-74-54-26-39-27-55(74)117-51-21-16-38(24-46(51)84)68(101)66-80(112)92-65(81(113)114)44-28-40(96)29-53(118-83-73(106)72(105)70(103)57(33-95)120-83)59(44)43-23-36(14-19-48(43)97)62(77(109)93-66)89-78(110)63(39)90-79(111)64-45-30-42(31-50(99)60(45)85)116-52-25-37(15-20-49(52)98)61(86-3)76(108)87-47(75(107)91-64)22-35-12-17-41(115-54)18-13-35/h12-21,23-31,34,47,56-57,61-73,82-83,86,94-99,101-106H,4-11,22,32-33H2,1-3H3,(H,87,108)(H,88,100)(H,89,110)(H,90,111)(H,91,107)(H,92,112)(H,93,109)(H,113,114)/t47-,56-,57-,61+,62-,63-,64+,65-,66+,67-,68-,69-,70-,71-,72+,73+,82+,83+/m1/s1. The number of aliphatic hydroxyl groups excluding tert-OH is 8. The minimum atomic E-state index is -2.42. The number of rotatable bonds is 18. The summed E-state index contributed by atoms with van der Waals surface area (Å²) in [5.74, 6) is -16.4. The van der Waals surface area contributed by atoms with Gasteiger partial charge in [-0.2, -0.15) is 0 Å². The van der Waals surface area contributed by atoms with Crippen molar-refractivity contribution in [3.05, 3.63) is 164 Å². The van der Waals surface area contributed by atoms with E-state index in [-0.39, 0.29) is 41.2 Å². The Morgan fingerprint density at radius 1 is 0.529 bits per heavy atom. The molecule has 15 rings (SSSR count). The van der Waals surface area contributed by atoms with Gasteiger partial charge in [-0.05, 0) is 120 Å². The first-order chi connectivity index (χ1) is 57.8. The number of unbranched alkanes of at least 4 members (excludes halogenated alkanes) is 5. The number of aliphatic carboxylic acids is 1. The lowest BCUT2D eigenvalue weighted by Gasteiger charge is -2.42. The van der Waals surface area contributed by atoms with Gasteiger partial charge in [-0.15, -0.1) is 0 Å². The summed E-state index contributed by atoms with van der Waals surface area (Å²) in [5.41, 5.74) is -3.05. The average Bonchev–Trinajstić information content (AvgIpc) is 0.758. The maximum atomic E-state index is 16.7. The van der Waals surface area contributed by atoms with Crippen LogP contribution in [0.15, 0.2) is 115 Å². The number of phenols is 4. The van der Waals surface area contributed by atoms with E-state index in [4.69, 9.17) is 56.4 Å². The number of hydrogen-bond donors (Lipinski definition) is 21. The molecule has 8 aliphatic rings. The lowest BCUT2D eigenvalue weighted by molar-refractivity contribution is -0.277. The number of hydrogen-bond acceptors (Lipinski definition) is 28. The van der Waals surface area contributed by atoms with Gasteiger partial charge in [-0.25, -0.2) is 4.79 Å². The topological polar surface area (TPSA) is 560 Å². The second-order valence-electron chi connectivity index (χ2n) is 30.6. The number of halogens is 2. The highest BCUT2D eigenvalue weighted by molar-refractivity contribution is 6.33. The molecule has 7 aromatic carbocycles. The number of nitrogens with one attached hydrogen (secondary N) is 8. The number of benzene rings is 7. The van der Waals surface area contributed by atoms with E-state index in [1.165, 1.54) is 49.5 Å². The van der Waals surface area contributed by atoms with E-state index in [2.05, 4.69) is 56.4 Å². The number of phenolic OH excluding ortho intramolecular Hbond substituents is 4. The highest BCUT2D eigenvalue weighted by atomic mass is 35.5. The van der Waals surface area contributed by atoms with Crippen molar-refractivity contribution in [1.82, 2.24) is 42.5 Å². The summed E-state index contributed by atoms with van der Waals surface area (Å²) in [7, 11) is 1.43. The molecule has 0 saturated carbocycles. The third-order valence-corrected chi connectivity index (χ3v) is 22.4. The minimum Gasteiger partial charge on any atom is -0.508 e. The van der Waals surface area contributed by atoms with Gasteiger partial charge in [0.25, 0.3) is 0 Å². The number of ether oxygens (including phenoxy) is 7. The number of carboxylic acid groups (broad SMARTS) is 1. The van der Waals surface area contributed by atoms with Gasteiger partial charge in [0.2, 0.25) is 59.7 Å². The Bertz CT molecular complexity index is 5100. The number of amides is 7. The summed E-state index contributed by atoms with van der Waals surface area (Å²) in [6, 6.07) is 5.33. The molecule has 0 aromatic heterocycles. The van der Waals surface area contributed by atoms with Crippen molar-refractivity contribution in [2.24, 2.45) is 5.92 Å². The first-order valence-corrected chi connectivity index (χ1v) is 39.7. The van der Waals surface area contributed by atoms with Crippen molar-refractivity contribution in [1.29, 1.82) is 0 Å². The number of aromatic hydroxyl groups is 4. The van der Waals surface area contributed by atoms with Crippen LogP contribution in [0.3, 0.4) is 0 Å². The van der Waals surface area contributed by atoms with Crippen LogP contribution >= 0.6 is 23.2 Å². The van der Waals surface area contributed by atoms with Gasteiger partial charge in [0.1, 0.15) is 131 Å². The van der Waals surface area contributed by atoms with Gasteiger partial charge in [0.15, 0.2) is 29.0 Å². The van der Waals surface area contributed by atoms with Crippen molar-refractivity contribution in [2.75, 3.05) is 20.3 Å². The molecule has 18 atom stereocenters. The van der Waals surface area contributed by atoms with Gasteiger partial charge in [0.05, 0.1) is 23.3 Å². The Hall–Kier alpha value is -11.4. The Morgan fingerprint density at radius 3 is 1.83 bits per heavy atom. The van der Waals surface area contributed by atoms with Crippen LogP contribution in [0.2, 0.25) is 10.0 Å². The second kappa shape index (κ2) is 37.3. The Kier molecular flexibility index (Phi) is 27.0. The summed E-state index contributed by atoms with van der Waals surface area (Å²) in [6.45, 7) is 2.35. The van der Waals surface area contributed by atoms with E-state index in [9.17, 15) is 80.8 Å². The van der Waals surface area contributed by atoms with Crippen LogP contribution in [-0.4, -0.2) is 207 Å².